The second-order valence-corrected chi connectivity index (χ2v) is 10.00. The number of anilines is 1. The van der Waals surface area contributed by atoms with E-state index in [1.54, 1.807) is 18.2 Å². The maximum Gasteiger partial charge on any atom is 0.261 e. The van der Waals surface area contributed by atoms with Crippen LogP contribution in [0.15, 0.2) is 53.4 Å². The monoisotopic (exact) mass is 548 g/mol. The Morgan fingerprint density at radius 1 is 1.10 bits per heavy atom. The molecule has 3 rings (SSSR count). The summed E-state index contributed by atoms with van der Waals surface area (Å²) in [5.41, 5.74) is 1.50. The maximum absolute atomic E-state index is 12.7. The lowest BCUT2D eigenvalue weighted by Crippen LogP contribution is -2.49. The first-order valence-electron chi connectivity index (χ1n) is 9.56. The minimum absolute atomic E-state index is 0.188. The second kappa shape index (κ2) is 10.9. The molecule has 1 atom stereocenters. The van der Waals surface area contributed by atoms with Gasteiger partial charge in [-0.3, -0.25) is 9.62 Å². The Balaban J connectivity index is 1.65. The van der Waals surface area contributed by atoms with E-state index in [0.717, 1.165) is 42.7 Å². The molecule has 0 radical (unpaired) electrons. The number of alkyl halides is 1. The Morgan fingerprint density at radius 2 is 1.79 bits per heavy atom. The van der Waals surface area contributed by atoms with Crippen molar-refractivity contribution in [2.75, 3.05) is 41.9 Å². The Morgan fingerprint density at radius 3 is 2.48 bits per heavy atom. The fourth-order valence-electron chi connectivity index (χ4n) is 3.22. The Kier molecular flexibility index (Phi) is 8.57. The summed E-state index contributed by atoms with van der Waals surface area (Å²) in [5.74, 6) is 0. The van der Waals surface area contributed by atoms with Crippen molar-refractivity contribution >= 4 is 49.9 Å². The van der Waals surface area contributed by atoms with Gasteiger partial charge in [0.15, 0.2) is 0 Å². The van der Waals surface area contributed by atoms with E-state index < -0.39 is 10.0 Å². The summed E-state index contributed by atoms with van der Waals surface area (Å²) in [6.45, 7) is 5.77. The molecule has 1 heterocycles. The summed E-state index contributed by atoms with van der Waals surface area (Å²) in [6, 6.07) is 14.0. The topological polar surface area (TPSA) is 73.5 Å². The summed E-state index contributed by atoms with van der Waals surface area (Å²) < 4.78 is 29.2. The van der Waals surface area contributed by atoms with E-state index in [0.29, 0.717) is 23.3 Å². The SMILES string of the molecule is O=S(=O)(Nc1ccccc1CNC(CI)CN1CCNCC1)c1ccc(Cl)cc1. The van der Waals surface area contributed by atoms with Crippen molar-refractivity contribution in [1.29, 1.82) is 0 Å². The van der Waals surface area contributed by atoms with Crippen LogP contribution in [0.2, 0.25) is 5.02 Å². The van der Waals surface area contributed by atoms with Gasteiger partial charge in [-0.05, 0) is 35.9 Å². The summed E-state index contributed by atoms with van der Waals surface area (Å²) in [4.78, 5) is 2.65. The molecule has 29 heavy (non-hydrogen) atoms. The van der Waals surface area contributed by atoms with Gasteiger partial charge in [-0.25, -0.2) is 8.42 Å². The molecule has 0 spiro atoms. The fourth-order valence-corrected chi connectivity index (χ4v) is 5.04. The number of para-hydroxylation sites is 1. The molecule has 158 valence electrons. The molecule has 1 saturated heterocycles. The lowest BCUT2D eigenvalue weighted by atomic mass is 10.1. The van der Waals surface area contributed by atoms with Gasteiger partial charge in [0.05, 0.1) is 10.6 Å². The van der Waals surface area contributed by atoms with Crippen molar-refractivity contribution < 1.29 is 8.42 Å². The standard InChI is InChI=1S/C20H26ClIN4O2S/c21-17-5-7-19(8-6-17)29(27,28)25-20-4-2-1-3-16(20)14-24-18(13-22)15-26-11-9-23-10-12-26/h1-8,18,23-25H,9-15H2. The number of halogens is 2. The Labute approximate surface area is 191 Å². The van der Waals surface area contributed by atoms with Crippen LogP contribution in [0.1, 0.15) is 5.56 Å². The smallest absolute Gasteiger partial charge is 0.261 e. The van der Waals surface area contributed by atoms with Crippen LogP contribution in [0, 0.1) is 0 Å². The minimum atomic E-state index is -3.67. The van der Waals surface area contributed by atoms with Gasteiger partial charge in [-0.2, -0.15) is 0 Å². The highest BCUT2D eigenvalue weighted by Crippen LogP contribution is 2.21. The molecule has 1 fully saturated rings. The van der Waals surface area contributed by atoms with E-state index in [1.165, 1.54) is 12.1 Å². The number of nitrogens with zero attached hydrogens (tertiary/aromatic N) is 1. The fraction of sp³-hybridized carbons (Fsp3) is 0.400. The molecular weight excluding hydrogens is 523 g/mol. The molecule has 0 saturated carbocycles. The predicted octanol–water partition coefficient (Wildman–Crippen LogP) is 2.94. The van der Waals surface area contributed by atoms with Crippen molar-refractivity contribution in [2.45, 2.75) is 17.5 Å². The molecule has 1 aliphatic rings. The van der Waals surface area contributed by atoms with Crippen molar-refractivity contribution in [1.82, 2.24) is 15.5 Å². The Hall–Kier alpha value is -0.910. The molecular formula is C20H26ClIN4O2S. The number of sulfonamides is 1. The maximum atomic E-state index is 12.7. The van der Waals surface area contributed by atoms with Crippen LogP contribution < -0.4 is 15.4 Å². The summed E-state index contributed by atoms with van der Waals surface area (Å²) >= 11 is 8.27. The van der Waals surface area contributed by atoms with Crippen molar-refractivity contribution in [3.05, 3.63) is 59.1 Å². The van der Waals surface area contributed by atoms with E-state index in [4.69, 9.17) is 11.6 Å². The van der Waals surface area contributed by atoms with Crippen LogP contribution >= 0.6 is 34.2 Å². The Bertz CT molecular complexity index is 890. The summed E-state index contributed by atoms with van der Waals surface area (Å²) in [5, 5.41) is 7.46. The summed E-state index contributed by atoms with van der Waals surface area (Å²) in [7, 11) is -3.67. The molecule has 1 aliphatic heterocycles. The summed E-state index contributed by atoms with van der Waals surface area (Å²) in [6.07, 6.45) is 0. The molecule has 0 amide bonds. The first-order chi connectivity index (χ1) is 14.0. The van der Waals surface area contributed by atoms with Gasteiger partial charge < -0.3 is 10.6 Å². The van der Waals surface area contributed by atoms with Gasteiger partial charge in [-0.1, -0.05) is 52.4 Å². The zero-order valence-electron chi connectivity index (χ0n) is 16.1. The molecule has 6 nitrogen and oxygen atoms in total. The first-order valence-corrected chi connectivity index (χ1v) is 13.0. The van der Waals surface area contributed by atoms with Crippen LogP contribution in [0.25, 0.3) is 0 Å². The number of benzene rings is 2. The number of piperazine rings is 1. The molecule has 3 N–H and O–H groups in total. The van der Waals surface area contributed by atoms with E-state index in [2.05, 4.69) is 42.8 Å². The first kappa shape index (κ1) is 22.8. The zero-order chi connectivity index (χ0) is 20.7. The third kappa shape index (κ3) is 6.80. The number of rotatable bonds is 9. The highest BCUT2D eigenvalue weighted by molar-refractivity contribution is 14.1. The average Bonchev–Trinajstić information content (AvgIpc) is 2.73. The van der Waals surface area contributed by atoms with Gasteiger partial charge in [0.1, 0.15) is 0 Å². The molecule has 2 aromatic rings. The zero-order valence-corrected chi connectivity index (χ0v) is 19.8. The van der Waals surface area contributed by atoms with Crippen LogP contribution in [-0.2, 0) is 16.6 Å². The predicted molar refractivity (Wildman–Crippen MR) is 128 cm³/mol. The van der Waals surface area contributed by atoms with E-state index in [1.807, 2.05) is 18.2 Å². The molecule has 0 aromatic heterocycles. The van der Waals surface area contributed by atoms with Crippen LogP contribution in [0.4, 0.5) is 5.69 Å². The molecule has 2 aromatic carbocycles. The largest absolute Gasteiger partial charge is 0.314 e. The lowest BCUT2D eigenvalue weighted by Gasteiger charge is -2.30. The molecule has 1 unspecified atom stereocenters. The van der Waals surface area contributed by atoms with Gasteiger partial charge in [0, 0.05) is 54.8 Å². The van der Waals surface area contributed by atoms with Crippen molar-refractivity contribution in [3.8, 4) is 0 Å². The quantitative estimate of drug-likeness (QED) is 0.332. The number of hydrogen-bond acceptors (Lipinski definition) is 5. The van der Waals surface area contributed by atoms with Gasteiger partial charge >= 0.3 is 0 Å². The highest BCUT2D eigenvalue weighted by Gasteiger charge is 2.18. The minimum Gasteiger partial charge on any atom is -0.314 e. The highest BCUT2D eigenvalue weighted by atomic mass is 127. The van der Waals surface area contributed by atoms with Crippen molar-refractivity contribution in [2.24, 2.45) is 0 Å². The van der Waals surface area contributed by atoms with Crippen LogP contribution in [-0.4, -0.2) is 56.5 Å². The van der Waals surface area contributed by atoms with Crippen LogP contribution in [0.5, 0.6) is 0 Å². The van der Waals surface area contributed by atoms with Gasteiger partial charge in [0.25, 0.3) is 10.0 Å². The van der Waals surface area contributed by atoms with Crippen molar-refractivity contribution in [3.63, 3.8) is 0 Å². The number of nitrogens with one attached hydrogen (secondary N) is 3. The van der Waals surface area contributed by atoms with E-state index in [-0.39, 0.29) is 4.90 Å². The molecule has 9 heteroatoms. The van der Waals surface area contributed by atoms with Crippen LogP contribution in [0.3, 0.4) is 0 Å². The molecule has 0 bridgehead atoms. The lowest BCUT2D eigenvalue weighted by molar-refractivity contribution is 0.221. The van der Waals surface area contributed by atoms with E-state index >= 15 is 0 Å². The normalized spacial score (nSPS) is 16.5. The third-order valence-corrected chi connectivity index (χ3v) is 7.54. The average molecular weight is 549 g/mol. The van der Waals surface area contributed by atoms with Gasteiger partial charge in [-0.15, -0.1) is 0 Å². The molecule has 0 aliphatic carbocycles. The van der Waals surface area contributed by atoms with E-state index in [9.17, 15) is 8.42 Å². The third-order valence-electron chi connectivity index (χ3n) is 4.84. The number of hydrogen-bond donors (Lipinski definition) is 3. The van der Waals surface area contributed by atoms with Gasteiger partial charge in [0.2, 0.25) is 0 Å². The second-order valence-electron chi connectivity index (χ2n) is 7.00.